The number of carbonyl (C=O) groups excluding carboxylic acids is 1. The topological polar surface area (TPSA) is 94.2 Å². The molecule has 0 aromatic heterocycles. The molecule has 0 heterocycles. The minimum atomic E-state index is -0.133. The number of benzene rings is 1. The van der Waals surface area contributed by atoms with Crippen LogP contribution in [0, 0.1) is 11.3 Å². The van der Waals surface area contributed by atoms with Gasteiger partial charge in [0.1, 0.15) is 6.07 Å². The summed E-state index contributed by atoms with van der Waals surface area (Å²) < 4.78 is 0. The molecule has 4 N–H and O–H groups in total. The Hall–Kier alpha value is -2.42. The van der Waals surface area contributed by atoms with E-state index in [2.05, 4.69) is 10.6 Å². The van der Waals surface area contributed by atoms with Crippen molar-refractivity contribution in [3.05, 3.63) is 23.8 Å². The van der Waals surface area contributed by atoms with Gasteiger partial charge < -0.3 is 21.3 Å². The van der Waals surface area contributed by atoms with Gasteiger partial charge in [-0.25, -0.2) is 4.79 Å². The summed E-state index contributed by atoms with van der Waals surface area (Å²) in [5, 5.41) is 14.7. The molecular formula is C12H17N5O. The Labute approximate surface area is 106 Å². The van der Waals surface area contributed by atoms with E-state index in [1.165, 1.54) is 4.90 Å². The Morgan fingerprint density at radius 1 is 1.44 bits per heavy atom. The van der Waals surface area contributed by atoms with E-state index in [1.807, 2.05) is 6.07 Å². The average molecular weight is 247 g/mol. The van der Waals surface area contributed by atoms with Gasteiger partial charge in [0.25, 0.3) is 0 Å². The standard InChI is InChI=1S/C12H17N5O/c1-17(2)12(18)16-6-5-15-10-3-4-11(14)9(7-10)8-13/h3-4,7,15H,5-6,14H2,1-2H3,(H,16,18). The number of rotatable bonds is 4. The molecule has 2 amide bonds. The normalized spacial score (nSPS) is 9.39. The van der Waals surface area contributed by atoms with Gasteiger partial charge in [0.15, 0.2) is 0 Å². The summed E-state index contributed by atoms with van der Waals surface area (Å²) >= 11 is 0. The molecule has 0 saturated carbocycles. The monoisotopic (exact) mass is 247 g/mol. The summed E-state index contributed by atoms with van der Waals surface area (Å²) in [4.78, 5) is 12.7. The molecule has 1 aromatic carbocycles. The van der Waals surface area contributed by atoms with Gasteiger partial charge in [-0.1, -0.05) is 0 Å². The molecule has 96 valence electrons. The fourth-order valence-corrected chi connectivity index (χ4v) is 1.30. The zero-order chi connectivity index (χ0) is 13.5. The van der Waals surface area contributed by atoms with Crippen LogP contribution in [-0.2, 0) is 0 Å². The van der Waals surface area contributed by atoms with E-state index in [0.717, 1.165) is 5.69 Å². The first-order chi connectivity index (χ1) is 8.54. The second-order valence-corrected chi connectivity index (χ2v) is 3.97. The molecule has 6 nitrogen and oxygen atoms in total. The van der Waals surface area contributed by atoms with Crippen LogP contribution in [0.1, 0.15) is 5.56 Å². The summed E-state index contributed by atoms with van der Waals surface area (Å²) in [5.41, 5.74) is 7.32. The van der Waals surface area contributed by atoms with Gasteiger partial charge in [-0.2, -0.15) is 5.26 Å². The van der Waals surface area contributed by atoms with Crippen LogP contribution >= 0.6 is 0 Å². The van der Waals surface area contributed by atoms with Crippen molar-refractivity contribution in [2.45, 2.75) is 0 Å². The largest absolute Gasteiger partial charge is 0.398 e. The molecule has 0 unspecified atom stereocenters. The van der Waals surface area contributed by atoms with Gasteiger partial charge in [0, 0.05) is 38.6 Å². The second-order valence-electron chi connectivity index (χ2n) is 3.97. The number of nitriles is 1. The molecule has 1 aromatic rings. The van der Waals surface area contributed by atoms with Gasteiger partial charge in [-0.15, -0.1) is 0 Å². The van der Waals surface area contributed by atoms with Crippen LogP contribution in [0.15, 0.2) is 18.2 Å². The lowest BCUT2D eigenvalue weighted by Crippen LogP contribution is -2.37. The third-order valence-electron chi connectivity index (χ3n) is 2.31. The second kappa shape index (κ2) is 6.35. The van der Waals surface area contributed by atoms with Crippen LogP contribution in [0.4, 0.5) is 16.2 Å². The smallest absolute Gasteiger partial charge is 0.316 e. The van der Waals surface area contributed by atoms with Crippen LogP contribution in [0.25, 0.3) is 0 Å². The predicted octanol–water partition coefficient (Wildman–Crippen LogP) is 0.824. The highest BCUT2D eigenvalue weighted by Crippen LogP contribution is 2.16. The number of carbonyl (C=O) groups is 1. The van der Waals surface area contributed by atoms with Gasteiger partial charge in [-0.3, -0.25) is 0 Å². The molecule has 0 aliphatic heterocycles. The highest BCUT2D eigenvalue weighted by atomic mass is 16.2. The predicted molar refractivity (Wildman–Crippen MR) is 71.1 cm³/mol. The van der Waals surface area contributed by atoms with E-state index >= 15 is 0 Å². The lowest BCUT2D eigenvalue weighted by Gasteiger charge is -2.12. The summed E-state index contributed by atoms with van der Waals surface area (Å²) in [6, 6.07) is 7.04. The van der Waals surface area contributed by atoms with Crippen molar-refractivity contribution in [2.75, 3.05) is 38.2 Å². The third kappa shape index (κ3) is 3.87. The maximum atomic E-state index is 11.2. The number of nitrogens with zero attached hydrogens (tertiary/aromatic N) is 2. The van der Waals surface area contributed by atoms with Crippen LogP contribution in [0.3, 0.4) is 0 Å². The van der Waals surface area contributed by atoms with Gasteiger partial charge in [0.05, 0.1) is 5.56 Å². The average Bonchev–Trinajstić information content (AvgIpc) is 2.35. The molecule has 6 heteroatoms. The van der Waals surface area contributed by atoms with E-state index in [-0.39, 0.29) is 6.03 Å². The van der Waals surface area contributed by atoms with Crippen molar-refractivity contribution < 1.29 is 4.79 Å². The molecule has 18 heavy (non-hydrogen) atoms. The van der Waals surface area contributed by atoms with E-state index in [9.17, 15) is 4.79 Å². The summed E-state index contributed by atoms with van der Waals surface area (Å²) in [7, 11) is 3.36. The summed E-state index contributed by atoms with van der Waals surface area (Å²) in [6.07, 6.45) is 0. The van der Waals surface area contributed by atoms with Crippen molar-refractivity contribution in [3.8, 4) is 6.07 Å². The molecular weight excluding hydrogens is 230 g/mol. The third-order valence-corrected chi connectivity index (χ3v) is 2.31. The number of anilines is 2. The van der Waals surface area contributed by atoms with Crippen molar-refractivity contribution >= 4 is 17.4 Å². The molecule has 0 fully saturated rings. The lowest BCUT2D eigenvalue weighted by atomic mass is 10.2. The summed E-state index contributed by atoms with van der Waals surface area (Å²) in [6.45, 7) is 1.08. The lowest BCUT2D eigenvalue weighted by molar-refractivity contribution is 0.218. The molecule has 1 rings (SSSR count). The van der Waals surface area contributed by atoms with Crippen molar-refractivity contribution in [3.63, 3.8) is 0 Å². The van der Waals surface area contributed by atoms with E-state index in [0.29, 0.717) is 24.3 Å². The van der Waals surface area contributed by atoms with Crippen LogP contribution in [-0.4, -0.2) is 38.1 Å². The number of nitrogens with two attached hydrogens (primary N) is 1. The van der Waals surface area contributed by atoms with Crippen LogP contribution in [0.2, 0.25) is 0 Å². The molecule has 0 atom stereocenters. The number of hydrogen-bond acceptors (Lipinski definition) is 4. The van der Waals surface area contributed by atoms with Gasteiger partial charge in [0.2, 0.25) is 0 Å². The SMILES string of the molecule is CN(C)C(=O)NCCNc1ccc(N)c(C#N)c1. The van der Waals surface area contributed by atoms with Crippen LogP contribution in [0.5, 0.6) is 0 Å². The van der Waals surface area contributed by atoms with E-state index in [1.54, 1.807) is 32.3 Å². The fourth-order valence-electron chi connectivity index (χ4n) is 1.30. The van der Waals surface area contributed by atoms with Gasteiger partial charge in [-0.05, 0) is 18.2 Å². The van der Waals surface area contributed by atoms with Crippen LogP contribution < -0.4 is 16.4 Å². The fraction of sp³-hybridized carbons (Fsp3) is 0.333. The molecule has 0 saturated heterocycles. The van der Waals surface area contributed by atoms with Gasteiger partial charge >= 0.3 is 6.03 Å². The molecule has 0 radical (unpaired) electrons. The quantitative estimate of drug-likeness (QED) is 0.542. The maximum Gasteiger partial charge on any atom is 0.316 e. The van der Waals surface area contributed by atoms with Crippen molar-refractivity contribution in [1.29, 1.82) is 5.26 Å². The molecule has 0 spiro atoms. The van der Waals surface area contributed by atoms with Crippen molar-refractivity contribution in [2.24, 2.45) is 0 Å². The first kappa shape index (κ1) is 13.6. The minimum absolute atomic E-state index is 0.133. The highest BCUT2D eigenvalue weighted by molar-refractivity contribution is 5.73. The Kier molecular flexibility index (Phi) is 4.81. The number of nitrogens with one attached hydrogen (secondary N) is 2. The number of urea groups is 1. The van der Waals surface area contributed by atoms with Crippen molar-refractivity contribution in [1.82, 2.24) is 10.2 Å². The molecule has 0 bridgehead atoms. The molecule has 0 aliphatic carbocycles. The Morgan fingerprint density at radius 2 is 2.17 bits per heavy atom. The maximum absolute atomic E-state index is 11.2. The number of amides is 2. The minimum Gasteiger partial charge on any atom is -0.398 e. The first-order valence-corrected chi connectivity index (χ1v) is 5.53. The Morgan fingerprint density at radius 3 is 2.78 bits per heavy atom. The van der Waals surface area contributed by atoms with E-state index in [4.69, 9.17) is 11.0 Å². The van der Waals surface area contributed by atoms with E-state index < -0.39 is 0 Å². The first-order valence-electron chi connectivity index (χ1n) is 5.53. The number of nitrogen functional groups attached to an aromatic ring is 1. The zero-order valence-electron chi connectivity index (χ0n) is 10.5. The summed E-state index contributed by atoms with van der Waals surface area (Å²) in [5.74, 6) is 0. The zero-order valence-corrected chi connectivity index (χ0v) is 10.5. The number of hydrogen-bond donors (Lipinski definition) is 3. The Bertz CT molecular complexity index is 464. The highest BCUT2D eigenvalue weighted by Gasteiger charge is 2.02. The Balaban J connectivity index is 2.41. The molecule has 0 aliphatic rings.